The Morgan fingerprint density at radius 2 is 1.70 bits per heavy atom. The van der Waals surface area contributed by atoms with Crippen molar-refractivity contribution in [1.82, 2.24) is 24.3 Å². The van der Waals surface area contributed by atoms with E-state index in [4.69, 9.17) is 9.97 Å². The Morgan fingerprint density at radius 1 is 0.852 bits per heavy atom. The Balaban J connectivity index is 1.21. The Kier molecular flexibility index (Phi) is 4.37. The zero-order chi connectivity index (χ0) is 18.1. The first-order chi connectivity index (χ1) is 13.3. The van der Waals surface area contributed by atoms with Crippen molar-refractivity contribution in [3.05, 3.63) is 48.5 Å². The van der Waals surface area contributed by atoms with E-state index in [1.807, 2.05) is 30.5 Å². The number of fused-ring (bicyclic) bond motifs is 1. The molecule has 3 aromatic heterocycles. The summed E-state index contributed by atoms with van der Waals surface area (Å²) in [5, 5.41) is 0. The topological polar surface area (TPSA) is 52.8 Å². The number of pyridine rings is 1. The molecule has 3 aromatic rings. The summed E-state index contributed by atoms with van der Waals surface area (Å²) < 4.78 is 2.09. The molecule has 2 fully saturated rings. The van der Waals surface area contributed by atoms with Crippen molar-refractivity contribution in [1.29, 1.82) is 0 Å². The maximum absolute atomic E-state index is 4.82. The standard InChI is InChI=1S/C20H25N7/c1-2-10-27-16-17(22-18(27)5-1)15-24-11-13-26(14-12-24)20-21-7-6-19(23-20)25-8-3-4-9-25/h1-2,5-7,10,16H,3-4,8-9,11-15H2. The smallest absolute Gasteiger partial charge is 0.227 e. The second-order valence-electron chi connectivity index (χ2n) is 7.37. The third-order valence-corrected chi connectivity index (χ3v) is 5.51. The van der Waals surface area contributed by atoms with Crippen LogP contribution in [0.3, 0.4) is 0 Å². The van der Waals surface area contributed by atoms with Crippen LogP contribution in [0.4, 0.5) is 11.8 Å². The molecular weight excluding hydrogens is 338 g/mol. The van der Waals surface area contributed by atoms with Gasteiger partial charge in [-0.2, -0.15) is 4.98 Å². The van der Waals surface area contributed by atoms with Gasteiger partial charge in [-0.25, -0.2) is 9.97 Å². The number of rotatable bonds is 4. The fraction of sp³-hybridized carbons (Fsp3) is 0.450. The summed E-state index contributed by atoms with van der Waals surface area (Å²) in [7, 11) is 0. The number of hydrogen-bond acceptors (Lipinski definition) is 6. The Morgan fingerprint density at radius 3 is 2.52 bits per heavy atom. The van der Waals surface area contributed by atoms with Crippen molar-refractivity contribution in [2.24, 2.45) is 0 Å². The molecule has 0 amide bonds. The van der Waals surface area contributed by atoms with Crippen molar-refractivity contribution in [2.45, 2.75) is 19.4 Å². The highest BCUT2D eigenvalue weighted by Crippen LogP contribution is 2.20. The van der Waals surface area contributed by atoms with Gasteiger partial charge in [0.05, 0.1) is 5.69 Å². The van der Waals surface area contributed by atoms with Gasteiger partial charge in [0.1, 0.15) is 11.5 Å². The molecule has 2 aliphatic heterocycles. The average molecular weight is 363 g/mol. The molecule has 0 atom stereocenters. The minimum absolute atomic E-state index is 0.867. The van der Waals surface area contributed by atoms with Gasteiger partial charge in [-0.15, -0.1) is 0 Å². The third kappa shape index (κ3) is 3.47. The van der Waals surface area contributed by atoms with Gasteiger partial charge in [-0.05, 0) is 31.0 Å². The van der Waals surface area contributed by atoms with E-state index in [0.29, 0.717) is 0 Å². The highest BCUT2D eigenvalue weighted by atomic mass is 15.3. The lowest BCUT2D eigenvalue weighted by atomic mass is 10.3. The van der Waals surface area contributed by atoms with Crippen molar-refractivity contribution in [2.75, 3.05) is 49.1 Å². The van der Waals surface area contributed by atoms with Crippen molar-refractivity contribution < 1.29 is 0 Å². The van der Waals surface area contributed by atoms with Gasteiger partial charge in [0.25, 0.3) is 0 Å². The Hall–Kier alpha value is -2.67. The van der Waals surface area contributed by atoms with Crippen molar-refractivity contribution in [3.8, 4) is 0 Å². The van der Waals surface area contributed by atoms with Crippen LogP contribution in [0.5, 0.6) is 0 Å². The van der Waals surface area contributed by atoms with Crippen molar-refractivity contribution >= 4 is 17.4 Å². The molecule has 0 saturated carbocycles. The predicted octanol–water partition coefficient (Wildman–Crippen LogP) is 2.05. The maximum Gasteiger partial charge on any atom is 0.227 e. The average Bonchev–Trinajstić information content (AvgIpc) is 3.38. The monoisotopic (exact) mass is 363 g/mol. The summed E-state index contributed by atoms with van der Waals surface area (Å²) in [5.41, 5.74) is 2.14. The van der Waals surface area contributed by atoms with Crippen LogP contribution in [0, 0.1) is 0 Å². The highest BCUT2D eigenvalue weighted by molar-refractivity contribution is 5.44. The molecule has 7 nitrogen and oxygen atoms in total. The van der Waals surface area contributed by atoms with Crippen LogP contribution >= 0.6 is 0 Å². The summed E-state index contributed by atoms with van der Waals surface area (Å²) in [6.45, 7) is 7.04. The molecule has 0 N–H and O–H groups in total. The molecule has 7 heteroatoms. The molecule has 2 saturated heterocycles. The fourth-order valence-electron chi connectivity index (χ4n) is 4.01. The summed E-state index contributed by atoms with van der Waals surface area (Å²) in [6.07, 6.45) is 8.61. The molecule has 0 spiro atoms. The molecule has 0 bridgehead atoms. The van der Waals surface area contributed by atoms with Crippen LogP contribution in [0.25, 0.3) is 5.65 Å². The summed E-state index contributed by atoms with van der Waals surface area (Å²) in [6, 6.07) is 8.15. The first kappa shape index (κ1) is 16.5. The minimum atomic E-state index is 0.867. The van der Waals surface area contributed by atoms with E-state index >= 15 is 0 Å². The normalized spacial score (nSPS) is 18.5. The highest BCUT2D eigenvalue weighted by Gasteiger charge is 2.21. The first-order valence-corrected chi connectivity index (χ1v) is 9.83. The zero-order valence-corrected chi connectivity index (χ0v) is 15.5. The van der Waals surface area contributed by atoms with Crippen LogP contribution in [0.15, 0.2) is 42.9 Å². The van der Waals surface area contributed by atoms with E-state index in [1.165, 1.54) is 12.8 Å². The third-order valence-electron chi connectivity index (χ3n) is 5.51. The quantitative estimate of drug-likeness (QED) is 0.707. The Labute approximate surface area is 159 Å². The fourth-order valence-corrected chi connectivity index (χ4v) is 4.01. The molecular formula is C20H25N7. The van der Waals surface area contributed by atoms with Gasteiger partial charge in [0.15, 0.2) is 0 Å². The molecule has 140 valence electrons. The number of nitrogens with zero attached hydrogens (tertiary/aromatic N) is 7. The number of hydrogen-bond donors (Lipinski definition) is 0. The SMILES string of the molecule is c1ccn2cc(CN3CCN(c4nccc(N5CCCC5)n4)CC3)nc2c1. The van der Waals surface area contributed by atoms with E-state index in [0.717, 1.165) is 68.9 Å². The summed E-state index contributed by atoms with van der Waals surface area (Å²) in [4.78, 5) is 21.2. The van der Waals surface area contributed by atoms with E-state index in [2.05, 4.69) is 36.5 Å². The largest absolute Gasteiger partial charge is 0.356 e. The van der Waals surface area contributed by atoms with Gasteiger partial charge in [-0.1, -0.05) is 6.07 Å². The molecule has 5 rings (SSSR count). The van der Waals surface area contributed by atoms with Gasteiger partial charge in [-0.3, -0.25) is 4.90 Å². The van der Waals surface area contributed by atoms with Gasteiger partial charge in [0.2, 0.25) is 5.95 Å². The minimum Gasteiger partial charge on any atom is -0.356 e. The van der Waals surface area contributed by atoms with E-state index in [-0.39, 0.29) is 0 Å². The van der Waals surface area contributed by atoms with E-state index in [9.17, 15) is 0 Å². The molecule has 0 unspecified atom stereocenters. The number of imidazole rings is 1. The summed E-state index contributed by atoms with van der Waals surface area (Å²) in [5.74, 6) is 1.94. The molecule has 0 aromatic carbocycles. The lowest BCUT2D eigenvalue weighted by molar-refractivity contribution is 0.246. The van der Waals surface area contributed by atoms with Gasteiger partial charge < -0.3 is 14.2 Å². The number of aromatic nitrogens is 4. The van der Waals surface area contributed by atoms with Crippen LogP contribution in [0.1, 0.15) is 18.5 Å². The van der Waals surface area contributed by atoms with Crippen LogP contribution < -0.4 is 9.80 Å². The zero-order valence-electron chi connectivity index (χ0n) is 15.5. The van der Waals surface area contributed by atoms with E-state index < -0.39 is 0 Å². The first-order valence-electron chi connectivity index (χ1n) is 9.83. The lowest BCUT2D eigenvalue weighted by Crippen LogP contribution is -2.46. The predicted molar refractivity (Wildman–Crippen MR) is 106 cm³/mol. The number of anilines is 2. The van der Waals surface area contributed by atoms with Crippen molar-refractivity contribution in [3.63, 3.8) is 0 Å². The molecule has 27 heavy (non-hydrogen) atoms. The molecule has 2 aliphatic rings. The van der Waals surface area contributed by atoms with E-state index in [1.54, 1.807) is 0 Å². The lowest BCUT2D eigenvalue weighted by Gasteiger charge is -2.34. The molecule has 0 aliphatic carbocycles. The van der Waals surface area contributed by atoms with Crippen LogP contribution in [-0.2, 0) is 6.54 Å². The maximum atomic E-state index is 4.82. The van der Waals surface area contributed by atoms with Gasteiger partial charge in [0, 0.05) is 64.4 Å². The second-order valence-corrected chi connectivity index (χ2v) is 7.37. The van der Waals surface area contributed by atoms with Gasteiger partial charge >= 0.3 is 0 Å². The van der Waals surface area contributed by atoms with Crippen LogP contribution in [0.2, 0.25) is 0 Å². The number of piperazine rings is 1. The Bertz CT molecular complexity index is 874. The van der Waals surface area contributed by atoms with Crippen LogP contribution in [-0.4, -0.2) is 63.5 Å². The summed E-state index contributed by atoms with van der Waals surface area (Å²) >= 11 is 0. The molecule has 0 radical (unpaired) electrons. The molecule has 5 heterocycles. The second kappa shape index (κ2) is 7.15.